The van der Waals surface area contributed by atoms with Gasteiger partial charge in [0, 0.05) is 83.2 Å². The molecule has 0 aliphatic heterocycles. The summed E-state index contributed by atoms with van der Waals surface area (Å²) < 4.78 is 5.19. The molecule has 0 saturated heterocycles. The fraction of sp³-hybridized carbons (Fsp3) is 0.209. The van der Waals surface area contributed by atoms with Crippen LogP contribution >= 0.6 is 0 Å². The van der Waals surface area contributed by atoms with Crippen LogP contribution in [0.4, 0.5) is 34.1 Å². The Balaban J connectivity index is 1.23. The van der Waals surface area contributed by atoms with Crippen LogP contribution in [0.15, 0.2) is 188 Å². The minimum atomic E-state index is -0.405. The second-order valence-electron chi connectivity index (χ2n) is 27.7. The molecular weight excluding hydrogens is 1090 g/mol. The minimum Gasteiger partial charge on any atom is -0.310 e. The summed E-state index contributed by atoms with van der Waals surface area (Å²) in [5.41, 5.74) is 36.8. The molecule has 12 aromatic carbocycles. The Kier molecular flexibility index (Phi) is 13.9. The van der Waals surface area contributed by atoms with Crippen LogP contribution in [0.3, 0.4) is 0 Å². The molecule has 1 aliphatic rings. The van der Waals surface area contributed by atoms with Crippen LogP contribution in [0.25, 0.3) is 76.9 Å². The number of anilines is 6. The summed E-state index contributed by atoms with van der Waals surface area (Å²) in [6.07, 6.45) is 0. The van der Waals surface area contributed by atoms with Gasteiger partial charge in [0.1, 0.15) is 0 Å². The highest BCUT2D eigenvalue weighted by Gasteiger charge is 2.38. The fourth-order valence-corrected chi connectivity index (χ4v) is 15.8. The van der Waals surface area contributed by atoms with E-state index in [1.54, 1.807) is 0 Å². The zero-order valence-corrected chi connectivity index (χ0v) is 55.7. The van der Waals surface area contributed by atoms with E-state index in [1.165, 1.54) is 127 Å². The second-order valence-corrected chi connectivity index (χ2v) is 27.7. The first-order valence-electron chi connectivity index (χ1n) is 32.1. The smallest absolute Gasteiger partial charge is 0.0620 e. The van der Waals surface area contributed by atoms with Crippen molar-refractivity contribution in [3.8, 4) is 22.5 Å². The first kappa shape index (κ1) is 58.1. The molecule has 1 aromatic heterocycles. The van der Waals surface area contributed by atoms with Crippen LogP contribution in [0.5, 0.6) is 0 Å². The van der Waals surface area contributed by atoms with Crippen LogP contribution in [0, 0.1) is 104 Å². The monoisotopic (exact) mass is 1170 g/mol. The van der Waals surface area contributed by atoms with Crippen LogP contribution in [0.1, 0.15) is 108 Å². The number of hydrogen-bond donors (Lipinski definition) is 0. The average Bonchev–Trinajstić information content (AvgIpc) is 1.37. The molecule has 0 atom stereocenters. The molecule has 0 radical (unpaired) electrons. The van der Waals surface area contributed by atoms with E-state index in [-0.39, 0.29) is 0 Å². The van der Waals surface area contributed by atoms with Gasteiger partial charge in [0.25, 0.3) is 0 Å². The van der Waals surface area contributed by atoms with Crippen molar-refractivity contribution in [2.45, 2.75) is 123 Å². The van der Waals surface area contributed by atoms with Gasteiger partial charge in [-0.3, -0.25) is 0 Å². The Bertz CT molecular complexity index is 5060. The lowest BCUT2D eigenvalue weighted by molar-refractivity contribution is 0.661. The van der Waals surface area contributed by atoms with E-state index in [1.807, 2.05) is 0 Å². The van der Waals surface area contributed by atoms with Crippen LogP contribution in [-0.2, 0) is 5.41 Å². The van der Waals surface area contributed by atoms with Gasteiger partial charge in [-0.25, -0.2) is 0 Å². The number of fused-ring (bicyclic) bond motifs is 10. The third-order valence-electron chi connectivity index (χ3n) is 18.9. The Morgan fingerprint density at radius 2 is 0.722 bits per heavy atom. The molecule has 14 rings (SSSR count). The van der Waals surface area contributed by atoms with Crippen molar-refractivity contribution in [2.75, 3.05) is 9.80 Å². The molecular formula is C86H82N4. The summed E-state index contributed by atoms with van der Waals surface area (Å²) in [6.45, 7) is 38.5. The summed E-state index contributed by atoms with van der Waals surface area (Å²) in [5.74, 6) is 0. The van der Waals surface area contributed by atoms with E-state index in [9.17, 15) is 0 Å². The quantitative estimate of drug-likeness (QED) is 0.141. The maximum Gasteiger partial charge on any atom is 0.0620 e. The minimum absolute atomic E-state index is 0.405. The van der Waals surface area contributed by atoms with Gasteiger partial charge in [-0.1, -0.05) is 74.5 Å². The zero-order valence-electron chi connectivity index (χ0n) is 55.7. The highest BCUT2D eigenvalue weighted by molar-refractivity contribution is 6.26. The number of aromatic nitrogens is 2. The van der Waals surface area contributed by atoms with Crippen LogP contribution in [-0.4, -0.2) is 9.13 Å². The molecule has 0 fully saturated rings. The number of rotatable bonds is 8. The molecule has 13 aromatic rings. The molecule has 446 valence electrons. The number of benzene rings is 12. The van der Waals surface area contributed by atoms with Crippen molar-refractivity contribution in [3.05, 3.63) is 283 Å². The normalized spacial score (nSPS) is 12.6. The van der Waals surface area contributed by atoms with Gasteiger partial charge in [-0.2, -0.15) is 0 Å². The summed E-state index contributed by atoms with van der Waals surface area (Å²) in [5, 5.41) is 7.10. The summed E-state index contributed by atoms with van der Waals surface area (Å²) >= 11 is 0. The molecule has 0 amide bonds. The highest BCUT2D eigenvalue weighted by atomic mass is 15.2. The third-order valence-corrected chi connectivity index (χ3v) is 18.9. The molecule has 4 heteroatoms. The lowest BCUT2D eigenvalue weighted by Crippen LogP contribution is -2.17. The topological polar surface area (TPSA) is 16.3 Å². The molecule has 0 saturated carbocycles. The molecule has 1 heterocycles. The SMILES string of the molecule is Cc1cc(C)cc(N(c2cc(C)cc(C)c2)c2ccc3c(c2)C(C)(C)c2cc4c(N(c5cc(C)cc(C)c5)c5cc(C)cc(C)c5)c5ccc6cc5c(c4cc2-3)n(-c2cc(C)cc(C)c2)c2cc(C)cc(c2)c2c(C)cc(C)cc2n6-c2cc(C)cc(C)c2)c1. The van der Waals surface area contributed by atoms with Crippen molar-refractivity contribution in [1.29, 1.82) is 0 Å². The molecule has 0 N–H and O–H groups in total. The maximum atomic E-state index is 2.63. The standard InChI is InChI=1S/C86H82N4/c1-49-22-50(2)31-67(30-49)87(68-32-51(3)23-52(4)33-68)66-18-20-74-76-47-78-79(48-81(76)86(16,17)80(74)46-66)84(89(70-36-55(7)25-56(8)37-70)71-38-57(9)26-58(10)39-71)75-21-19-65-45-77(75)85(78)90(72-40-59(11)27-60(12)41-72)73-42-62(14)29-64(44-73)83-63(15)28-61(13)43-82(83)88(65)69-34-53(5)24-54(6)35-69/h18-48H,1-17H3. The van der Waals surface area contributed by atoms with E-state index in [0.29, 0.717) is 0 Å². The Morgan fingerprint density at radius 1 is 0.289 bits per heavy atom. The number of nitrogens with zero attached hydrogens (tertiary/aromatic N) is 4. The van der Waals surface area contributed by atoms with E-state index < -0.39 is 5.41 Å². The molecule has 4 bridgehead atoms. The Labute approximate surface area is 532 Å². The fourth-order valence-electron chi connectivity index (χ4n) is 15.8. The van der Waals surface area contributed by atoms with Crippen molar-refractivity contribution in [3.63, 3.8) is 0 Å². The van der Waals surface area contributed by atoms with Crippen LogP contribution < -0.4 is 9.80 Å². The van der Waals surface area contributed by atoms with Gasteiger partial charge < -0.3 is 18.9 Å². The molecule has 90 heavy (non-hydrogen) atoms. The van der Waals surface area contributed by atoms with Gasteiger partial charge in [0.15, 0.2) is 0 Å². The van der Waals surface area contributed by atoms with Gasteiger partial charge in [-0.05, 0) is 342 Å². The first-order valence-corrected chi connectivity index (χ1v) is 32.1. The van der Waals surface area contributed by atoms with Gasteiger partial charge in [0.2, 0.25) is 0 Å². The summed E-state index contributed by atoms with van der Waals surface area (Å²) in [6, 6.07) is 74.2. The largest absolute Gasteiger partial charge is 0.310 e. The van der Waals surface area contributed by atoms with Crippen molar-refractivity contribution >= 4 is 88.5 Å². The molecule has 4 nitrogen and oxygen atoms in total. The molecule has 1 aliphatic carbocycles. The molecule has 0 spiro atoms. The third kappa shape index (κ3) is 10.0. The second kappa shape index (κ2) is 21.6. The van der Waals surface area contributed by atoms with E-state index in [0.717, 1.165) is 78.3 Å². The zero-order chi connectivity index (χ0) is 63.1. The summed E-state index contributed by atoms with van der Waals surface area (Å²) in [7, 11) is 0. The number of hydrogen-bond acceptors (Lipinski definition) is 2. The van der Waals surface area contributed by atoms with E-state index in [2.05, 4.69) is 325 Å². The molecule has 0 unspecified atom stereocenters. The van der Waals surface area contributed by atoms with Crippen molar-refractivity contribution in [1.82, 2.24) is 9.13 Å². The maximum absolute atomic E-state index is 2.63. The first-order chi connectivity index (χ1) is 42.9. The lowest BCUT2D eigenvalue weighted by atomic mass is 9.81. The van der Waals surface area contributed by atoms with E-state index in [4.69, 9.17) is 0 Å². The number of aryl methyl sites for hydroxylation is 15. The van der Waals surface area contributed by atoms with Gasteiger partial charge >= 0.3 is 0 Å². The van der Waals surface area contributed by atoms with Crippen LogP contribution in [0.2, 0.25) is 0 Å². The predicted molar refractivity (Wildman–Crippen MR) is 388 cm³/mol. The van der Waals surface area contributed by atoms with E-state index >= 15 is 0 Å². The lowest BCUT2D eigenvalue weighted by Gasteiger charge is -2.31. The summed E-state index contributed by atoms with van der Waals surface area (Å²) in [4.78, 5) is 5.09. The Morgan fingerprint density at radius 3 is 1.23 bits per heavy atom. The Hall–Kier alpha value is -9.64. The van der Waals surface area contributed by atoms with Gasteiger partial charge in [0.05, 0.1) is 16.7 Å². The van der Waals surface area contributed by atoms with Gasteiger partial charge in [-0.15, -0.1) is 0 Å². The van der Waals surface area contributed by atoms with Crippen molar-refractivity contribution in [2.24, 2.45) is 0 Å². The average molecular weight is 1170 g/mol. The predicted octanol–water partition coefficient (Wildman–Crippen LogP) is 24.0. The highest BCUT2D eigenvalue weighted by Crippen LogP contribution is 2.56. The van der Waals surface area contributed by atoms with Crippen molar-refractivity contribution < 1.29 is 0 Å².